The van der Waals surface area contributed by atoms with E-state index in [-0.39, 0.29) is 6.42 Å². The Bertz CT molecular complexity index is 440. The van der Waals surface area contributed by atoms with Crippen LogP contribution in [0.4, 0.5) is 0 Å². The van der Waals surface area contributed by atoms with Crippen LogP contribution in [0.1, 0.15) is 16.7 Å². The summed E-state index contributed by atoms with van der Waals surface area (Å²) in [5, 5.41) is 18.0. The first-order valence-electron chi connectivity index (χ1n) is 4.11. The van der Waals surface area contributed by atoms with E-state index < -0.39 is 5.97 Å². The molecule has 78 valence electrons. The number of halogens is 1. The topological polar surface area (TPSA) is 61.1 Å². The van der Waals surface area contributed by atoms with Gasteiger partial charge in [0.15, 0.2) is 0 Å². The number of carboxylic acid groups (broad SMARTS) is 1. The average molecular weight is 286 g/mol. The second-order valence-corrected chi connectivity index (χ2v) is 4.01. The third-order valence-electron chi connectivity index (χ3n) is 1.87. The number of thiol groups is 1. The summed E-state index contributed by atoms with van der Waals surface area (Å²) in [5.41, 5.74) is 1.91. The Morgan fingerprint density at radius 1 is 1.60 bits per heavy atom. The molecule has 0 unspecified atom stereocenters. The Balaban J connectivity index is 3.21. The second kappa shape index (κ2) is 5.19. The van der Waals surface area contributed by atoms with Crippen molar-refractivity contribution >= 4 is 34.5 Å². The average Bonchev–Trinajstić information content (AvgIpc) is 2.15. The Morgan fingerprint density at radius 2 is 2.27 bits per heavy atom. The molecule has 1 aromatic carbocycles. The van der Waals surface area contributed by atoms with Crippen molar-refractivity contribution in [2.45, 2.75) is 16.6 Å². The van der Waals surface area contributed by atoms with Gasteiger partial charge in [0, 0.05) is 10.2 Å². The van der Waals surface area contributed by atoms with Crippen LogP contribution in [0.3, 0.4) is 0 Å². The molecule has 0 radical (unpaired) electrons. The maximum absolute atomic E-state index is 10.5. The second-order valence-electron chi connectivity index (χ2n) is 2.97. The fourth-order valence-electron chi connectivity index (χ4n) is 1.26. The number of carbonyl (C=O) groups is 1. The van der Waals surface area contributed by atoms with Gasteiger partial charge >= 0.3 is 5.97 Å². The number of benzene rings is 1. The quantitative estimate of drug-likeness (QED) is 0.662. The van der Waals surface area contributed by atoms with E-state index in [0.29, 0.717) is 21.4 Å². The lowest BCUT2D eigenvalue weighted by atomic mass is 10.0. The molecule has 0 saturated heterocycles. The molecule has 1 rings (SSSR count). The smallest absolute Gasteiger partial charge is 0.307 e. The zero-order chi connectivity index (χ0) is 11.4. The van der Waals surface area contributed by atoms with Gasteiger partial charge in [-0.15, -0.1) is 12.6 Å². The SMILES string of the molecule is N#Cc1c(S)cc(CC(=O)O)cc1CBr. The van der Waals surface area contributed by atoms with E-state index in [9.17, 15) is 4.79 Å². The maximum atomic E-state index is 10.5. The lowest BCUT2D eigenvalue weighted by Crippen LogP contribution is -2.02. The summed E-state index contributed by atoms with van der Waals surface area (Å²) in [6.45, 7) is 0. The predicted octanol–water partition coefficient (Wildman–Crippen LogP) is 2.37. The lowest BCUT2D eigenvalue weighted by molar-refractivity contribution is -0.136. The summed E-state index contributed by atoms with van der Waals surface area (Å²) in [4.78, 5) is 11.1. The third-order valence-corrected chi connectivity index (χ3v) is 2.83. The summed E-state index contributed by atoms with van der Waals surface area (Å²) >= 11 is 7.41. The van der Waals surface area contributed by atoms with Crippen LogP contribution in [-0.2, 0) is 16.5 Å². The van der Waals surface area contributed by atoms with Crippen molar-refractivity contribution in [3.63, 3.8) is 0 Å². The molecule has 0 spiro atoms. The number of nitriles is 1. The molecule has 0 amide bonds. The summed E-state index contributed by atoms with van der Waals surface area (Å²) in [5.74, 6) is -0.895. The highest BCUT2D eigenvalue weighted by atomic mass is 79.9. The first-order valence-corrected chi connectivity index (χ1v) is 5.68. The first-order chi connectivity index (χ1) is 7.08. The van der Waals surface area contributed by atoms with Crippen molar-refractivity contribution in [1.82, 2.24) is 0 Å². The standard InChI is InChI=1S/C10H8BrNO2S/c11-4-7-1-6(3-10(13)14)2-9(15)8(7)5-12/h1-2,15H,3-4H2,(H,13,14). The van der Waals surface area contributed by atoms with E-state index >= 15 is 0 Å². The van der Waals surface area contributed by atoms with E-state index in [0.717, 1.165) is 5.56 Å². The minimum Gasteiger partial charge on any atom is -0.481 e. The van der Waals surface area contributed by atoms with E-state index in [4.69, 9.17) is 10.4 Å². The van der Waals surface area contributed by atoms with Crippen LogP contribution in [0, 0.1) is 11.3 Å². The highest BCUT2D eigenvalue weighted by Gasteiger charge is 2.09. The van der Waals surface area contributed by atoms with Gasteiger partial charge in [-0.2, -0.15) is 5.26 Å². The maximum Gasteiger partial charge on any atom is 0.307 e. The van der Waals surface area contributed by atoms with Crippen molar-refractivity contribution in [2.75, 3.05) is 0 Å². The Labute approximate surface area is 101 Å². The largest absolute Gasteiger partial charge is 0.481 e. The molecule has 1 aromatic rings. The number of alkyl halides is 1. The summed E-state index contributed by atoms with van der Waals surface area (Å²) in [6, 6.07) is 5.36. The van der Waals surface area contributed by atoms with Crippen LogP contribution in [0.2, 0.25) is 0 Å². The molecule has 0 saturated carbocycles. The van der Waals surface area contributed by atoms with Crippen LogP contribution in [0.15, 0.2) is 17.0 Å². The molecule has 0 aromatic heterocycles. The van der Waals surface area contributed by atoms with Crippen LogP contribution in [-0.4, -0.2) is 11.1 Å². The number of hydrogen-bond acceptors (Lipinski definition) is 3. The van der Waals surface area contributed by atoms with E-state index in [2.05, 4.69) is 28.6 Å². The van der Waals surface area contributed by atoms with Crippen molar-refractivity contribution < 1.29 is 9.90 Å². The van der Waals surface area contributed by atoms with Crippen molar-refractivity contribution in [1.29, 1.82) is 5.26 Å². The molecule has 15 heavy (non-hydrogen) atoms. The molecule has 0 heterocycles. The number of carboxylic acids is 1. The highest BCUT2D eigenvalue weighted by molar-refractivity contribution is 9.08. The lowest BCUT2D eigenvalue weighted by Gasteiger charge is -2.06. The van der Waals surface area contributed by atoms with E-state index in [1.165, 1.54) is 0 Å². The van der Waals surface area contributed by atoms with E-state index in [1.807, 2.05) is 6.07 Å². The normalized spacial score (nSPS) is 9.67. The van der Waals surface area contributed by atoms with Crippen molar-refractivity contribution in [3.05, 3.63) is 28.8 Å². The highest BCUT2D eigenvalue weighted by Crippen LogP contribution is 2.22. The van der Waals surface area contributed by atoms with Crippen LogP contribution < -0.4 is 0 Å². The van der Waals surface area contributed by atoms with Gasteiger partial charge in [-0.1, -0.05) is 22.0 Å². The number of hydrogen-bond donors (Lipinski definition) is 2. The molecule has 0 fully saturated rings. The van der Waals surface area contributed by atoms with Gasteiger partial charge in [0.2, 0.25) is 0 Å². The third kappa shape index (κ3) is 2.98. The van der Waals surface area contributed by atoms with Gasteiger partial charge in [0.05, 0.1) is 12.0 Å². The Kier molecular flexibility index (Phi) is 4.18. The molecule has 0 aliphatic rings. The van der Waals surface area contributed by atoms with Gasteiger partial charge < -0.3 is 5.11 Å². The molecular formula is C10H8BrNO2S. The summed E-state index contributed by atoms with van der Waals surface area (Å²) in [6.07, 6.45) is -0.0563. The fraction of sp³-hybridized carbons (Fsp3) is 0.200. The van der Waals surface area contributed by atoms with Gasteiger partial charge in [-0.05, 0) is 17.2 Å². The summed E-state index contributed by atoms with van der Waals surface area (Å²) < 4.78 is 0. The molecule has 1 N–H and O–H groups in total. The van der Waals surface area contributed by atoms with Crippen molar-refractivity contribution in [3.8, 4) is 6.07 Å². The van der Waals surface area contributed by atoms with Gasteiger partial charge in [-0.25, -0.2) is 0 Å². The summed E-state index contributed by atoms with van der Waals surface area (Å²) in [7, 11) is 0. The minimum absolute atomic E-state index is 0.0563. The Hall–Kier alpha value is -0.990. The van der Waals surface area contributed by atoms with Crippen LogP contribution in [0.5, 0.6) is 0 Å². The van der Waals surface area contributed by atoms with Crippen molar-refractivity contribution in [2.24, 2.45) is 0 Å². The number of rotatable bonds is 3. The van der Waals surface area contributed by atoms with Gasteiger partial charge in [0.25, 0.3) is 0 Å². The Morgan fingerprint density at radius 3 is 2.73 bits per heavy atom. The number of nitrogens with zero attached hydrogens (tertiary/aromatic N) is 1. The first kappa shape index (κ1) is 12.1. The predicted molar refractivity (Wildman–Crippen MR) is 62.4 cm³/mol. The van der Waals surface area contributed by atoms with E-state index in [1.54, 1.807) is 12.1 Å². The van der Waals surface area contributed by atoms with Crippen LogP contribution in [0.25, 0.3) is 0 Å². The zero-order valence-corrected chi connectivity index (χ0v) is 10.2. The number of aliphatic carboxylic acids is 1. The zero-order valence-electron chi connectivity index (χ0n) is 7.70. The molecule has 0 bridgehead atoms. The molecule has 0 aliphatic carbocycles. The molecular weight excluding hydrogens is 278 g/mol. The van der Waals surface area contributed by atoms with Gasteiger partial charge in [0.1, 0.15) is 6.07 Å². The fourth-order valence-corrected chi connectivity index (χ4v) is 2.06. The van der Waals surface area contributed by atoms with Gasteiger partial charge in [-0.3, -0.25) is 4.79 Å². The molecule has 3 nitrogen and oxygen atoms in total. The molecule has 5 heteroatoms. The van der Waals surface area contributed by atoms with Crippen LogP contribution >= 0.6 is 28.6 Å². The molecule has 0 aliphatic heterocycles. The minimum atomic E-state index is -0.895. The molecule has 0 atom stereocenters. The monoisotopic (exact) mass is 285 g/mol.